The first kappa shape index (κ1) is 14.7. The van der Waals surface area contributed by atoms with Gasteiger partial charge < -0.3 is 0 Å². The van der Waals surface area contributed by atoms with E-state index in [0.29, 0.717) is 35.8 Å². The van der Waals surface area contributed by atoms with Crippen LogP contribution in [0.3, 0.4) is 0 Å². The van der Waals surface area contributed by atoms with E-state index >= 15 is 0 Å². The average Bonchev–Trinajstić information content (AvgIpc) is 2.61. The maximum absolute atomic E-state index is 4.77. The number of nitrogens with zero attached hydrogens (tertiary/aromatic N) is 2. The third-order valence-electron chi connectivity index (χ3n) is 4.48. The standard InChI is InChI=1S/C20H16N2Se2/c1-12(2)13-8-9-15-14(11-13)22-19-16(23-15)5-3-6-17(19)24-18-7-4-10-21-20(18)22/h3-12H,1-2H3. The van der Waals surface area contributed by atoms with Crippen molar-refractivity contribution in [3.63, 3.8) is 0 Å². The summed E-state index contributed by atoms with van der Waals surface area (Å²) in [6, 6.07) is 18.2. The number of para-hydroxylation sites is 1. The summed E-state index contributed by atoms with van der Waals surface area (Å²) in [6.45, 7) is 4.53. The Bertz CT molecular complexity index is 951. The van der Waals surface area contributed by atoms with Crippen LogP contribution in [0.2, 0.25) is 0 Å². The predicted molar refractivity (Wildman–Crippen MR) is 103 cm³/mol. The zero-order chi connectivity index (χ0) is 16.3. The minimum absolute atomic E-state index is 0.342. The third-order valence-corrected chi connectivity index (χ3v) is 9.10. The number of benzene rings is 2. The quantitative estimate of drug-likeness (QED) is 0.367. The number of hydrogen-bond donors (Lipinski definition) is 0. The van der Waals surface area contributed by atoms with Crippen LogP contribution in [0.5, 0.6) is 0 Å². The molecular weight excluding hydrogens is 426 g/mol. The van der Waals surface area contributed by atoms with Gasteiger partial charge in [-0.25, -0.2) is 0 Å². The molecule has 2 nitrogen and oxygen atoms in total. The van der Waals surface area contributed by atoms with Crippen LogP contribution >= 0.6 is 0 Å². The second kappa shape index (κ2) is 5.47. The topological polar surface area (TPSA) is 16.1 Å². The molecule has 24 heavy (non-hydrogen) atoms. The molecule has 1 aromatic heterocycles. The van der Waals surface area contributed by atoms with Crippen molar-refractivity contribution in [2.45, 2.75) is 19.8 Å². The van der Waals surface area contributed by atoms with E-state index in [-0.39, 0.29) is 0 Å². The molecule has 3 heterocycles. The molecule has 0 saturated carbocycles. The molecule has 3 aromatic rings. The van der Waals surface area contributed by atoms with Gasteiger partial charge in [0.2, 0.25) is 0 Å². The van der Waals surface area contributed by atoms with Gasteiger partial charge in [0, 0.05) is 0 Å². The first-order chi connectivity index (χ1) is 11.7. The fourth-order valence-corrected chi connectivity index (χ4v) is 8.06. The van der Waals surface area contributed by atoms with Crippen LogP contribution in [-0.2, 0) is 0 Å². The van der Waals surface area contributed by atoms with Crippen molar-refractivity contribution < 1.29 is 0 Å². The Balaban J connectivity index is 1.81. The molecular formula is C20H16N2Se2. The Morgan fingerprint density at radius 1 is 0.875 bits per heavy atom. The molecule has 0 fully saturated rings. The van der Waals surface area contributed by atoms with Crippen molar-refractivity contribution >= 4 is 65.0 Å². The van der Waals surface area contributed by atoms with Crippen molar-refractivity contribution in [3.8, 4) is 0 Å². The summed E-state index contributed by atoms with van der Waals surface area (Å²) in [4.78, 5) is 7.20. The molecule has 2 aliphatic heterocycles. The van der Waals surface area contributed by atoms with E-state index in [4.69, 9.17) is 4.98 Å². The van der Waals surface area contributed by atoms with E-state index in [9.17, 15) is 0 Å². The van der Waals surface area contributed by atoms with E-state index in [0.717, 1.165) is 5.82 Å². The summed E-state index contributed by atoms with van der Waals surface area (Å²) < 4.78 is 5.82. The monoisotopic (exact) mass is 444 g/mol. The zero-order valence-corrected chi connectivity index (χ0v) is 16.9. The molecule has 0 atom stereocenters. The molecule has 0 bridgehead atoms. The summed E-state index contributed by atoms with van der Waals surface area (Å²) in [5.41, 5.74) is 4.16. The van der Waals surface area contributed by atoms with Crippen molar-refractivity contribution in [2.24, 2.45) is 0 Å². The molecule has 0 saturated heterocycles. The van der Waals surface area contributed by atoms with Crippen molar-refractivity contribution in [1.82, 2.24) is 4.98 Å². The van der Waals surface area contributed by atoms with E-state index < -0.39 is 0 Å². The molecule has 0 N–H and O–H groups in total. The van der Waals surface area contributed by atoms with Crippen LogP contribution in [-0.4, -0.2) is 34.9 Å². The molecule has 0 spiro atoms. The third kappa shape index (κ3) is 2.11. The number of pyridine rings is 1. The van der Waals surface area contributed by atoms with Gasteiger partial charge in [0.15, 0.2) is 0 Å². The van der Waals surface area contributed by atoms with Gasteiger partial charge >= 0.3 is 155 Å². The molecule has 0 unspecified atom stereocenters. The number of fused-ring (bicyclic) bond motifs is 4. The fourth-order valence-electron chi connectivity index (χ4n) is 3.25. The van der Waals surface area contributed by atoms with Crippen LogP contribution < -0.4 is 22.7 Å². The number of rotatable bonds is 1. The molecule has 4 heteroatoms. The van der Waals surface area contributed by atoms with Crippen LogP contribution in [0.4, 0.5) is 17.2 Å². The maximum atomic E-state index is 4.77. The van der Waals surface area contributed by atoms with Crippen LogP contribution in [0, 0.1) is 0 Å². The normalized spacial score (nSPS) is 14.2. The number of hydrogen-bond acceptors (Lipinski definition) is 2. The van der Waals surface area contributed by atoms with Gasteiger partial charge in [-0.05, 0) is 0 Å². The van der Waals surface area contributed by atoms with Crippen LogP contribution in [0.25, 0.3) is 0 Å². The van der Waals surface area contributed by atoms with Gasteiger partial charge in [0.1, 0.15) is 0 Å². The fraction of sp³-hybridized carbons (Fsp3) is 0.150. The van der Waals surface area contributed by atoms with Crippen LogP contribution in [0.15, 0.2) is 54.7 Å². The second-order valence-electron chi connectivity index (χ2n) is 6.35. The Hall–Kier alpha value is -1.57. The van der Waals surface area contributed by atoms with Gasteiger partial charge in [-0.15, -0.1) is 0 Å². The van der Waals surface area contributed by atoms with Crippen molar-refractivity contribution in [1.29, 1.82) is 0 Å². The second-order valence-corrected chi connectivity index (χ2v) is 10.9. The summed E-state index contributed by atoms with van der Waals surface area (Å²) in [5.74, 6) is 1.67. The van der Waals surface area contributed by atoms with Crippen LogP contribution in [0.1, 0.15) is 25.3 Å². The minimum atomic E-state index is 0.342. The summed E-state index contributed by atoms with van der Waals surface area (Å²) >= 11 is 0.712. The first-order valence-electron chi connectivity index (χ1n) is 8.10. The van der Waals surface area contributed by atoms with E-state index in [2.05, 4.69) is 67.3 Å². The molecule has 0 radical (unpaired) electrons. The SMILES string of the molecule is CC(C)c1ccc2c(c1)N1c3ncccc3[Se]c3cccc(c31)[Se]2. The number of aromatic nitrogens is 1. The van der Waals surface area contributed by atoms with Gasteiger partial charge in [-0.3, -0.25) is 0 Å². The molecule has 118 valence electrons. The zero-order valence-electron chi connectivity index (χ0n) is 13.5. The number of anilines is 3. The molecule has 2 aromatic carbocycles. The molecule has 0 amide bonds. The van der Waals surface area contributed by atoms with E-state index in [1.54, 1.807) is 0 Å². The summed E-state index contributed by atoms with van der Waals surface area (Å²) in [6.07, 6.45) is 1.92. The Morgan fingerprint density at radius 2 is 1.62 bits per heavy atom. The van der Waals surface area contributed by atoms with Gasteiger partial charge in [-0.2, -0.15) is 0 Å². The molecule has 2 aliphatic rings. The van der Waals surface area contributed by atoms with E-state index in [1.807, 2.05) is 6.20 Å². The summed E-state index contributed by atoms with van der Waals surface area (Å²) in [5, 5.41) is 0. The van der Waals surface area contributed by atoms with Crippen molar-refractivity contribution in [3.05, 3.63) is 60.3 Å². The Kier molecular flexibility index (Phi) is 3.36. The van der Waals surface area contributed by atoms with E-state index in [1.165, 1.54) is 34.8 Å². The summed E-state index contributed by atoms with van der Waals surface area (Å²) in [7, 11) is 0. The average molecular weight is 442 g/mol. The Labute approximate surface area is 154 Å². The van der Waals surface area contributed by atoms with Gasteiger partial charge in [-0.1, -0.05) is 0 Å². The van der Waals surface area contributed by atoms with Gasteiger partial charge in [0.05, 0.1) is 0 Å². The molecule has 0 aliphatic carbocycles. The van der Waals surface area contributed by atoms with Crippen molar-refractivity contribution in [2.75, 3.05) is 4.90 Å². The predicted octanol–water partition coefficient (Wildman–Crippen LogP) is 1.61. The van der Waals surface area contributed by atoms with Gasteiger partial charge in [0.25, 0.3) is 0 Å². The first-order valence-corrected chi connectivity index (χ1v) is 11.5. The molecule has 5 rings (SSSR count). The Morgan fingerprint density at radius 3 is 2.42 bits per heavy atom.